The van der Waals surface area contributed by atoms with Crippen LogP contribution in [0, 0.1) is 6.92 Å². The summed E-state index contributed by atoms with van der Waals surface area (Å²) >= 11 is 0. The van der Waals surface area contributed by atoms with E-state index in [0.717, 1.165) is 24.8 Å². The van der Waals surface area contributed by atoms with Gasteiger partial charge in [0.05, 0.1) is 4.90 Å². The van der Waals surface area contributed by atoms with Crippen LogP contribution in [0.1, 0.15) is 52.5 Å². The summed E-state index contributed by atoms with van der Waals surface area (Å²) in [5.41, 5.74) is 0.659. The average molecular weight is 310 g/mol. The van der Waals surface area contributed by atoms with E-state index >= 15 is 0 Å². The van der Waals surface area contributed by atoms with Crippen molar-refractivity contribution in [3.63, 3.8) is 0 Å². The standard InChI is InChI=1S/C16H26N2O2S/c1-13-7-9-14(10-8-13)21(19,20)17-18-15(2,3)11-6-12-16(18,4)5/h7-10,17H,6,11-12H2,1-5H3. The van der Waals surface area contributed by atoms with Crippen molar-refractivity contribution in [3.8, 4) is 0 Å². The summed E-state index contributed by atoms with van der Waals surface area (Å²) in [6.07, 6.45) is 3.07. The molecule has 1 aromatic rings. The van der Waals surface area contributed by atoms with Crippen molar-refractivity contribution in [1.29, 1.82) is 0 Å². The monoisotopic (exact) mass is 310 g/mol. The molecule has 0 radical (unpaired) electrons. The van der Waals surface area contributed by atoms with Crippen molar-refractivity contribution in [2.24, 2.45) is 0 Å². The van der Waals surface area contributed by atoms with E-state index in [9.17, 15) is 8.42 Å². The van der Waals surface area contributed by atoms with Gasteiger partial charge in [0, 0.05) is 11.1 Å². The summed E-state index contributed by atoms with van der Waals surface area (Å²) in [7, 11) is -3.54. The van der Waals surface area contributed by atoms with Crippen molar-refractivity contribution < 1.29 is 8.42 Å². The first-order valence-electron chi connectivity index (χ1n) is 7.44. The Labute approximate surface area is 128 Å². The van der Waals surface area contributed by atoms with Crippen LogP contribution in [0.4, 0.5) is 0 Å². The minimum absolute atomic E-state index is 0.195. The number of rotatable bonds is 3. The Morgan fingerprint density at radius 3 is 1.95 bits per heavy atom. The van der Waals surface area contributed by atoms with E-state index in [1.165, 1.54) is 0 Å². The van der Waals surface area contributed by atoms with Gasteiger partial charge in [-0.05, 0) is 66.0 Å². The second kappa shape index (κ2) is 5.38. The molecule has 0 unspecified atom stereocenters. The lowest BCUT2D eigenvalue weighted by atomic mass is 9.82. The van der Waals surface area contributed by atoms with Gasteiger partial charge in [0.2, 0.25) is 0 Å². The summed E-state index contributed by atoms with van der Waals surface area (Å²) in [5.74, 6) is 0. The molecule has 1 aliphatic rings. The van der Waals surface area contributed by atoms with Gasteiger partial charge in [-0.2, -0.15) is 0 Å². The Morgan fingerprint density at radius 2 is 1.48 bits per heavy atom. The molecule has 0 amide bonds. The first-order chi connectivity index (χ1) is 9.55. The van der Waals surface area contributed by atoms with Gasteiger partial charge in [-0.3, -0.25) is 0 Å². The minimum Gasteiger partial charge on any atom is -0.219 e. The summed E-state index contributed by atoms with van der Waals surface area (Å²) < 4.78 is 25.3. The molecule has 4 nitrogen and oxygen atoms in total. The lowest BCUT2D eigenvalue weighted by Gasteiger charge is -2.52. The lowest BCUT2D eigenvalue weighted by molar-refractivity contribution is -0.0468. The first-order valence-corrected chi connectivity index (χ1v) is 8.92. The Kier molecular flexibility index (Phi) is 4.21. The zero-order valence-corrected chi connectivity index (χ0v) is 14.4. The zero-order chi connectivity index (χ0) is 15.9. The quantitative estimate of drug-likeness (QED) is 0.932. The molecule has 1 fully saturated rings. The molecule has 0 aromatic heterocycles. The molecule has 1 saturated heterocycles. The summed E-state index contributed by atoms with van der Waals surface area (Å²) in [5, 5.41) is 1.92. The molecule has 118 valence electrons. The van der Waals surface area contributed by atoms with E-state index in [1.54, 1.807) is 12.1 Å². The number of nitrogens with one attached hydrogen (secondary N) is 1. The van der Waals surface area contributed by atoms with E-state index in [-0.39, 0.29) is 11.1 Å². The molecule has 2 rings (SSSR count). The number of aryl methyl sites for hydroxylation is 1. The van der Waals surface area contributed by atoms with Crippen LogP contribution in [0.25, 0.3) is 0 Å². The highest BCUT2D eigenvalue weighted by Crippen LogP contribution is 2.37. The molecule has 1 N–H and O–H groups in total. The van der Waals surface area contributed by atoms with Crippen LogP contribution >= 0.6 is 0 Å². The smallest absolute Gasteiger partial charge is 0.219 e. The third kappa shape index (κ3) is 3.47. The SMILES string of the molecule is Cc1ccc(S(=O)(=O)NN2C(C)(C)CCCC2(C)C)cc1. The van der Waals surface area contributed by atoms with E-state index in [2.05, 4.69) is 32.5 Å². The van der Waals surface area contributed by atoms with Crippen molar-refractivity contribution in [1.82, 2.24) is 9.84 Å². The summed E-state index contributed by atoms with van der Waals surface area (Å²) in [6.45, 7) is 10.3. The van der Waals surface area contributed by atoms with Crippen LogP contribution in [-0.2, 0) is 10.0 Å². The van der Waals surface area contributed by atoms with Crippen molar-refractivity contribution in [2.75, 3.05) is 0 Å². The fourth-order valence-electron chi connectivity index (χ4n) is 3.13. The van der Waals surface area contributed by atoms with Gasteiger partial charge >= 0.3 is 0 Å². The summed E-state index contributed by atoms with van der Waals surface area (Å²) in [6, 6.07) is 6.95. The highest BCUT2D eigenvalue weighted by Gasteiger charge is 2.43. The second-order valence-electron chi connectivity index (χ2n) is 7.22. The highest BCUT2D eigenvalue weighted by molar-refractivity contribution is 7.89. The molecule has 0 spiro atoms. The van der Waals surface area contributed by atoms with E-state index in [4.69, 9.17) is 0 Å². The van der Waals surface area contributed by atoms with Crippen LogP contribution in [-0.4, -0.2) is 24.5 Å². The number of piperidine rings is 1. The third-order valence-corrected chi connectivity index (χ3v) is 5.65. The molecule has 21 heavy (non-hydrogen) atoms. The minimum atomic E-state index is -3.54. The molecule has 5 heteroatoms. The third-order valence-electron chi connectivity index (χ3n) is 4.33. The first kappa shape index (κ1) is 16.5. The van der Waals surface area contributed by atoms with E-state index in [1.807, 2.05) is 24.1 Å². The van der Waals surface area contributed by atoms with Crippen LogP contribution in [0.5, 0.6) is 0 Å². The maximum Gasteiger partial charge on any atom is 0.253 e. The fourth-order valence-corrected chi connectivity index (χ4v) is 4.47. The van der Waals surface area contributed by atoms with Gasteiger partial charge in [-0.15, -0.1) is 4.83 Å². The van der Waals surface area contributed by atoms with Crippen LogP contribution in [0.3, 0.4) is 0 Å². The predicted octanol–water partition coefficient (Wildman–Crippen LogP) is 3.23. The fraction of sp³-hybridized carbons (Fsp3) is 0.625. The lowest BCUT2D eigenvalue weighted by Crippen LogP contribution is -2.65. The van der Waals surface area contributed by atoms with Crippen molar-refractivity contribution >= 4 is 10.0 Å². The summed E-state index contributed by atoms with van der Waals surface area (Å²) in [4.78, 5) is 3.13. The Hall–Kier alpha value is -0.910. The molecule has 0 aliphatic carbocycles. The second-order valence-corrected chi connectivity index (χ2v) is 8.88. The number of hydrogen-bond donors (Lipinski definition) is 1. The van der Waals surface area contributed by atoms with E-state index in [0.29, 0.717) is 4.90 Å². The molecular weight excluding hydrogens is 284 g/mol. The molecule has 0 atom stereocenters. The highest BCUT2D eigenvalue weighted by atomic mass is 32.2. The van der Waals surface area contributed by atoms with Crippen molar-refractivity contribution in [2.45, 2.75) is 69.9 Å². The van der Waals surface area contributed by atoms with Crippen LogP contribution in [0.15, 0.2) is 29.2 Å². The number of sulfonamides is 1. The number of nitrogens with zero attached hydrogens (tertiary/aromatic N) is 1. The van der Waals surface area contributed by atoms with Gasteiger partial charge in [-0.1, -0.05) is 17.7 Å². The Morgan fingerprint density at radius 1 is 1.00 bits per heavy atom. The van der Waals surface area contributed by atoms with Crippen LogP contribution in [0.2, 0.25) is 0 Å². The molecule has 0 bridgehead atoms. The number of hydrazine groups is 1. The van der Waals surface area contributed by atoms with Gasteiger partial charge in [0.15, 0.2) is 0 Å². The maximum atomic E-state index is 12.6. The largest absolute Gasteiger partial charge is 0.253 e. The zero-order valence-electron chi connectivity index (χ0n) is 13.6. The molecule has 1 heterocycles. The predicted molar refractivity (Wildman–Crippen MR) is 85.3 cm³/mol. The number of hydrogen-bond acceptors (Lipinski definition) is 3. The van der Waals surface area contributed by atoms with Gasteiger partial charge in [-0.25, -0.2) is 13.4 Å². The maximum absolute atomic E-state index is 12.6. The van der Waals surface area contributed by atoms with Crippen LogP contribution < -0.4 is 4.83 Å². The van der Waals surface area contributed by atoms with Gasteiger partial charge < -0.3 is 0 Å². The molecule has 1 aliphatic heterocycles. The molecular formula is C16H26N2O2S. The van der Waals surface area contributed by atoms with E-state index < -0.39 is 10.0 Å². The van der Waals surface area contributed by atoms with Crippen molar-refractivity contribution in [3.05, 3.63) is 29.8 Å². The Balaban J connectivity index is 2.32. The van der Waals surface area contributed by atoms with Gasteiger partial charge in [0.25, 0.3) is 10.0 Å². The average Bonchev–Trinajstić information content (AvgIpc) is 2.34. The topological polar surface area (TPSA) is 49.4 Å². The number of benzene rings is 1. The normalized spacial score (nSPS) is 22.1. The van der Waals surface area contributed by atoms with Gasteiger partial charge in [0.1, 0.15) is 0 Å². The molecule has 0 saturated carbocycles. The molecule has 1 aromatic carbocycles. The Bertz CT molecular complexity index is 588.